The van der Waals surface area contributed by atoms with E-state index in [-0.39, 0.29) is 56.7 Å². The molecule has 8 rings (SSSR count). The predicted molar refractivity (Wildman–Crippen MR) is 274 cm³/mol. The molecule has 3 aromatic rings. The summed E-state index contributed by atoms with van der Waals surface area (Å²) in [5.41, 5.74) is -2.88. The van der Waals surface area contributed by atoms with Crippen LogP contribution in [0, 0.1) is 22.7 Å². The highest BCUT2D eigenvalue weighted by Crippen LogP contribution is 2.72. The molecule has 1 aromatic heterocycles. The van der Waals surface area contributed by atoms with Gasteiger partial charge in [-0.1, -0.05) is 89.1 Å². The zero-order chi connectivity index (χ0) is 54.6. The smallest absolute Gasteiger partial charge is 0.390 e. The van der Waals surface area contributed by atoms with Crippen molar-refractivity contribution in [3.8, 4) is 0 Å². The van der Waals surface area contributed by atoms with E-state index in [0.29, 0.717) is 24.0 Å². The molecule has 0 unspecified atom stereocenters. The molecular formula is C52H60BrFN5O15PS. The number of ketones is 2. The lowest BCUT2D eigenvalue weighted by Gasteiger charge is -2.62. The molecule has 0 spiro atoms. The van der Waals surface area contributed by atoms with Gasteiger partial charge in [-0.05, 0) is 78.8 Å². The van der Waals surface area contributed by atoms with Crippen molar-refractivity contribution >= 4 is 76.2 Å². The van der Waals surface area contributed by atoms with Crippen LogP contribution in [0.2, 0.25) is 0 Å². The van der Waals surface area contributed by atoms with E-state index in [4.69, 9.17) is 18.7 Å². The number of amides is 5. The van der Waals surface area contributed by atoms with E-state index in [2.05, 4.69) is 42.5 Å². The van der Waals surface area contributed by atoms with Crippen LogP contribution in [0.4, 0.5) is 4.39 Å². The predicted octanol–water partition coefficient (Wildman–Crippen LogP) is 3.21. The average Bonchev–Trinajstić information content (AvgIpc) is 4.27. The Bertz CT molecular complexity index is 2830. The Morgan fingerprint density at radius 3 is 2.32 bits per heavy atom. The fraction of sp³-hybridized carbons (Fsp3) is 0.481. The topological polar surface area (TPSA) is 294 Å². The summed E-state index contributed by atoms with van der Waals surface area (Å²) in [5, 5.41) is 26.2. The second-order valence-electron chi connectivity index (χ2n) is 20.1. The van der Waals surface area contributed by atoms with Gasteiger partial charge in [0.05, 0.1) is 43.8 Å². The lowest BCUT2D eigenvalue weighted by Crippen LogP contribution is -2.69. The minimum Gasteiger partial charge on any atom is -0.390 e. The maximum Gasteiger partial charge on any atom is 0.470 e. The van der Waals surface area contributed by atoms with Crippen molar-refractivity contribution in [2.24, 2.45) is 22.7 Å². The number of fused-ring (bicyclic) bond motifs is 7. The number of Topliss-reactive ketones (excluding diaryl/α,β-unsaturated/α-hetero) is 1. The maximum absolute atomic E-state index is 17.9. The normalized spacial score (nSPS) is 28.6. The van der Waals surface area contributed by atoms with Gasteiger partial charge in [0, 0.05) is 40.0 Å². The van der Waals surface area contributed by atoms with Crippen molar-refractivity contribution in [2.45, 2.75) is 94.8 Å². The number of carbonyl (C=O) groups excluding carboxylic acids is 7. The molecule has 2 heterocycles. The number of hydrogen-bond acceptors (Lipinski definition) is 14. The number of alkyl halides is 2. The second-order valence-corrected chi connectivity index (χ2v) is 22.9. The lowest BCUT2D eigenvalue weighted by molar-refractivity contribution is -0.231. The molecule has 20 nitrogen and oxygen atoms in total. The highest BCUT2D eigenvalue weighted by atomic mass is 79.9. The van der Waals surface area contributed by atoms with Gasteiger partial charge in [-0.25, -0.2) is 8.96 Å². The average molecular weight is 1160 g/mol. The molecule has 4 aliphatic carbocycles. The number of ether oxygens (including phenoxy) is 3. The van der Waals surface area contributed by atoms with Crippen LogP contribution in [0.1, 0.15) is 73.0 Å². The van der Waals surface area contributed by atoms with Crippen LogP contribution in [0.5, 0.6) is 0 Å². The summed E-state index contributed by atoms with van der Waals surface area (Å²) in [6.07, 6.45) is 1.90. The first-order chi connectivity index (χ1) is 36.1. The van der Waals surface area contributed by atoms with Crippen LogP contribution in [0.3, 0.4) is 0 Å². The molecule has 10 atom stereocenters. The van der Waals surface area contributed by atoms with Crippen molar-refractivity contribution in [3.63, 3.8) is 0 Å². The third-order valence-electron chi connectivity index (χ3n) is 15.5. The van der Waals surface area contributed by atoms with Crippen LogP contribution in [-0.4, -0.2) is 124 Å². The van der Waals surface area contributed by atoms with E-state index < -0.39 is 121 Å². The number of carbonyl (C=O) groups is 7. The van der Waals surface area contributed by atoms with Crippen LogP contribution in [0.25, 0.3) is 0 Å². The van der Waals surface area contributed by atoms with E-state index >= 15 is 4.39 Å². The second kappa shape index (κ2) is 23.3. The van der Waals surface area contributed by atoms with E-state index in [1.807, 2.05) is 35.7 Å². The SMILES string of the molecule is C[C@]12C=CC(=O)C=C1CC[C@H]1[C@@H]3C[C@H]4O[C@@H](c5csc(Cc6ccc(COCNC(=O)CNC(=O)[C@H](Cc7ccccc7)NC(=O)CNC(=O)CNC(=O)CBr)cc6)c5)O[C@@]4(C(=O)COP(=O)(O)O)[C@@]3(C)C[C@H](O)[C@@]12F. The van der Waals surface area contributed by atoms with E-state index in [9.17, 15) is 53.0 Å². The number of halogens is 2. The van der Waals surface area contributed by atoms with Crippen molar-refractivity contribution in [1.82, 2.24) is 26.6 Å². The van der Waals surface area contributed by atoms with Gasteiger partial charge in [-0.15, -0.1) is 11.3 Å². The number of thiophene rings is 1. The largest absolute Gasteiger partial charge is 0.470 e. The number of nitrogens with one attached hydrogen (secondary N) is 5. The first kappa shape index (κ1) is 56.9. The molecule has 24 heteroatoms. The fourth-order valence-electron chi connectivity index (χ4n) is 11.8. The Hall–Kier alpha value is -5.33. The molecule has 408 valence electrons. The van der Waals surface area contributed by atoms with Crippen LogP contribution in [0.15, 0.2) is 89.8 Å². The van der Waals surface area contributed by atoms with Gasteiger partial charge < -0.3 is 55.7 Å². The Kier molecular flexibility index (Phi) is 17.5. The highest BCUT2D eigenvalue weighted by molar-refractivity contribution is 9.09. The number of phosphoric ester groups is 1. The molecule has 0 radical (unpaired) electrons. The molecule has 3 saturated carbocycles. The van der Waals surface area contributed by atoms with Gasteiger partial charge >= 0.3 is 7.82 Å². The van der Waals surface area contributed by atoms with E-state index in [1.165, 1.54) is 29.6 Å². The monoisotopic (exact) mass is 1160 g/mol. The summed E-state index contributed by atoms with van der Waals surface area (Å²) in [7, 11) is -5.10. The van der Waals surface area contributed by atoms with Crippen LogP contribution >= 0.6 is 35.1 Å². The fourth-order valence-corrected chi connectivity index (χ4v) is 13.3. The minimum absolute atomic E-state index is 0.0106. The first-order valence-corrected chi connectivity index (χ1v) is 28.2. The summed E-state index contributed by atoms with van der Waals surface area (Å²) < 4.78 is 53.4. The van der Waals surface area contributed by atoms with Gasteiger partial charge in [-0.2, -0.15) is 0 Å². The van der Waals surface area contributed by atoms with Gasteiger partial charge in [0.25, 0.3) is 0 Å². The number of aliphatic hydroxyl groups is 1. The molecule has 5 amide bonds. The molecule has 8 N–H and O–H groups in total. The first-order valence-electron chi connectivity index (χ1n) is 24.7. The molecule has 5 aliphatic rings. The number of phosphoric acid groups is 1. The molecule has 2 aromatic carbocycles. The Morgan fingerprint density at radius 2 is 1.59 bits per heavy atom. The summed E-state index contributed by atoms with van der Waals surface area (Å²) in [6.45, 7) is 1.23. The molecule has 1 aliphatic heterocycles. The van der Waals surface area contributed by atoms with Crippen LogP contribution in [-0.2, 0) is 76.3 Å². The molecule has 1 saturated heterocycles. The van der Waals surface area contributed by atoms with E-state index in [1.54, 1.807) is 44.2 Å². The van der Waals surface area contributed by atoms with Crippen LogP contribution < -0.4 is 26.6 Å². The standard InChI is InChI=1S/C52H60BrFN5O15PS/c1-49-15-14-35(60)19-34(49)12-13-37-38-20-42-52(41(62)27-72-75(68,69)70,50(38,2)21-40(61)51(37,49)54)74-48(73-42)33-18-36(76-28-33)16-31-8-10-32(11-9-31)26-71-29-58-45(65)24-57-47(67)39(17-30-6-4-3-5-7-30)59-46(66)25-56-44(64)23-55-43(63)22-53/h3-11,14-15,18-19,28,37-40,42,48,61H,12-13,16-17,20-27,29H2,1-2H3,(H,55,63)(H,56,64)(H,57,67)(H,58,65)(H,59,66)(H2,68,69,70)/t37-,38-,39-,40-,42+,48+,49-,50-,51-,52+/m0/s1. The summed E-state index contributed by atoms with van der Waals surface area (Å²) in [5.74, 6) is -5.20. The highest BCUT2D eigenvalue weighted by Gasteiger charge is 2.79. The Labute approximate surface area is 449 Å². The quantitative estimate of drug-likeness (QED) is 0.0310. The van der Waals surface area contributed by atoms with Crippen molar-refractivity contribution in [2.75, 3.05) is 38.3 Å². The van der Waals surface area contributed by atoms with Crippen molar-refractivity contribution < 1.29 is 76.1 Å². The summed E-state index contributed by atoms with van der Waals surface area (Å²) >= 11 is 4.41. The van der Waals surface area contributed by atoms with Crippen molar-refractivity contribution in [3.05, 3.63) is 117 Å². The Balaban J connectivity index is 0.829. The van der Waals surface area contributed by atoms with Gasteiger partial charge in [0.2, 0.25) is 29.5 Å². The molecular weight excluding hydrogens is 1100 g/mol. The number of rotatable bonds is 22. The third kappa shape index (κ3) is 11.9. The van der Waals surface area contributed by atoms with Gasteiger partial charge in [-0.3, -0.25) is 38.1 Å². The maximum atomic E-state index is 17.9. The van der Waals surface area contributed by atoms with Gasteiger partial charge in [0.1, 0.15) is 19.4 Å². The zero-order valence-electron chi connectivity index (χ0n) is 41.6. The van der Waals surface area contributed by atoms with Crippen molar-refractivity contribution in [1.29, 1.82) is 0 Å². The summed E-state index contributed by atoms with van der Waals surface area (Å²) in [4.78, 5) is 109. The molecule has 0 bridgehead atoms. The number of hydrogen-bond donors (Lipinski definition) is 8. The molecule has 4 fully saturated rings. The van der Waals surface area contributed by atoms with Gasteiger partial charge in [0.15, 0.2) is 29.1 Å². The molecule has 76 heavy (non-hydrogen) atoms. The zero-order valence-corrected chi connectivity index (χ0v) is 44.9. The Morgan fingerprint density at radius 1 is 0.908 bits per heavy atom. The minimum atomic E-state index is -5.10. The summed E-state index contributed by atoms with van der Waals surface area (Å²) in [6, 6.07) is 17.3. The number of aliphatic hydroxyl groups excluding tert-OH is 1. The van der Waals surface area contributed by atoms with E-state index in [0.717, 1.165) is 21.6 Å². The lowest BCUT2D eigenvalue weighted by atomic mass is 9.44. The third-order valence-corrected chi connectivity index (χ3v) is 17.4. The number of benzene rings is 2. The number of allylic oxidation sites excluding steroid dienone is 4.